The van der Waals surface area contributed by atoms with Crippen LogP contribution in [0.4, 0.5) is 18.9 Å². The van der Waals surface area contributed by atoms with E-state index in [2.05, 4.69) is 0 Å². The standard InChI is InChI=1S/C11H11F3N2O2S/c1-7(2)19(17,18)16-10-4-3-8(6-15)5-9(10)11(12,13)14/h3-5,7,16H,1-2H3. The first-order chi connectivity index (χ1) is 8.58. The molecular weight excluding hydrogens is 281 g/mol. The monoisotopic (exact) mass is 292 g/mol. The van der Waals surface area contributed by atoms with Gasteiger partial charge in [-0.3, -0.25) is 4.72 Å². The molecule has 8 heteroatoms. The van der Waals surface area contributed by atoms with Gasteiger partial charge in [0.25, 0.3) is 0 Å². The van der Waals surface area contributed by atoms with Crippen LogP contribution >= 0.6 is 0 Å². The fourth-order valence-corrected chi connectivity index (χ4v) is 1.93. The van der Waals surface area contributed by atoms with E-state index in [-0.39, 0.29) is 5.56 Å². The van der Waals surface area contributed by atoms with Crippen LogP contribution in [0.5, 0.6) is 0 Å². The lowest BCUT2D eigenvalue weighted by Crippen LogP contribution is -2.24. The largest absolute Gasteiger partial charge is 0.418 e. The highest BCUT2D eigenvalue weighted by molar-refractivity contribution is 7.93. The first-order valence-electron chi connectivity index (χ1n) is 5.21. The van der Waals surface area contributed by atoms with Gasteiger partial charge < -0.3 is 0 Å². The van der Waals surface area contributed by atoms with E-state index in [4.69, 9.17) is 5.26 Å². The summed E-state index contributed by atoms with van der Waals surface area (Å²) in [4.78, 5) is 0. The molecule has 4 nitrogen and oxygen atoms in total. The normalized spacial score (nSPS) is 12.3. The number of sulfonamides is 1. The molecular formula is C11H11F3N2O2S. The van der Waals surface area contributed by atoms with E-state index in [1.807, 2.05) is 4.72 Å². The fourth-order valence-electron chi connectivity index (χ4n) is 1.21. The van der Waals surface area contributed by atoms with Crippen molar-refractivity contribution in [1.29, 1.82) is 5.26 Å². The van der Waals surface area contributed by atoms with E-state index in [9.17, 15) is 21.6 Å². The lowest BCUT2D eigenvalue weighted by molar-refractivity contribution is -0.136. The van der Waals surface area contributed by atoms with Crippen molar-refractivity contribution >= 4 is 15.7 Å². The Hall–Kier alpha value is -1.75. The molecule has 0 bridgehead atoms. The minimum atomic E-state index is -4.75. The molecule has 0 heterocycles. The highest BCUT2D eigenvalue weighted by Gasteiger charge is 2.35. The predicted molar refractivity (Wildman–Crippen MR) is 63.8 cm³/mol. The Morgan fingerprint density at radius 2 is 1.89 bits per heavy atom. The van der Waals surface area contributed by atoms with Gasteiger partial charge in [0.05, 0.1) is 28.1 Å². The molecule has 0 spiro atoms. The first kappa shape index (κ1) is 15.3. The van der Waals surface area contributed by atoms with E-state index in [0.29, 0.717) is 6.07 Å². The van der Waals surface area contributed by atoms with Crippen LogP contribution in [-0.2, 0) is 16.2 Å². The highest BCUT2D eigenvalue weighted by Crippen LogP contribution is 2.36. The third-order valence-electron chi connectivity index (χ3n) is 2.33. The number of rotatable bonds is 3. The molecule has 0 aliphatic heterocycles. The van der Waals surface area contributed by atoms with Crippen LogP contribution in [0.1, 0.15) is 25.0 Å². The number of anilines is 1. The molecule has 0 fully saturated rings. The Morgan fingerprint density at radius 3 is 2.32 bits per heavy atom. The van der Waals surface area contributed by atoms with E-state index in [1.165, 1.54) is 13.8 Å². The maximum absolute atomic E-state index is 12.8. The fraction of sp³-hybridized carbons (Fsp3) is 0.364. The van der Waals surface area contributed by atoms with Gasteiger partial charge in [-0.1, -0.05) is 0 Å². The van der Waals surface area contributed by atoms with E-state index < -0.39 is 32.7 Å². The molecule has 0 atom stereocenters. The number of nitriles is 1. The average molecular weight is 292 g/mol. The SMILES string of the molecule is CC(C)S(=O)(=O)Nc1ccc(C#N)cc1C(F)(F)F. The zero-order chi connectivity index (χ0) is 14.8. The molecule has 1 aromatic rings. The molecule has 1 aromatic carbocycles. The van der Waals surface area contributed by atoms with Crippen molar-refractivity contribution in [3.8, 4) is 6.07 Å². The second kappa shape index (κ2) is 5.09. The molecule has 104 valence electrons. The number of nitrogens with zero attached hydrogens (tertiary/aromatic N) is 1. The summed E-state index contributed by atoms with van der Waals surface area (Å²) >= 11 is 0. The van der Waals surface area contributed by atoms with Crippen molar-refractivity contribution in [2.75, 3.05) is 4.72 Å². The Labute approximate surface area is 108 Å². The average Bonchev–Trinajstić information content (AvgIpc) is 2.27. The van der Waals surface area contributed by atoms with Crippen LogP contribution in [0.25, 0.3) is 0 Å². The third-order valence-corrected chi connectivity index (χ3v) is 4.07. The number of hydrogen-bond acceptors (Lipinski definition) is 3. The summed E-state index contributed by atoms with van der Waals surface area (Å²) in [6, 6.07) is 4.23. The van der Waals surface area contributed by atoms with Gasteiger partial charge in [-0.25, -0.2) is 8.42 Å². The number of halogens is 3. The van der Waals surface area contributed by atoms with Crippen molar-refractivity contribution in [2.45, 2.75) is 25.3 Å². The number of nitrogens with one attached hydrogen (secondary N) is 1. The van der Waals surface area contributed by atoms with Gasteiger partial charge in [0.2, 0.25) is 10.0 Å². The van der Waals surface area contributed by atoms with E-state index in [1.54, 1.807) is 6.07 Å². The molecule has 0 saturated carbocycles. The molecule has 1 rings (SSSR count). The molecule has 0 radical (unpaired) electrons. The zero-order valence-electron chi connectivity index (χ0n) is 10.1. The number of benzene rings is 1. The Balaban J connectivity index is 3.34. The van der Waals surface area contributed by atoms with Crippen molar-refractivity contribution < 1.29 is 21.6 Å². The molecule has 0 aliphatic rings. The molecule has 0 aliphatic carbocycles. The lowest BCUT2D eigenvalue weighted by Gasteiger charge is -2.16. The third kappa shape index (κ3) is 3.61. The molecule has 1 N–H and O–H groups in total. The summed E-state index contributed by atoms with van der Waals surface area (Å²) < 4.78 is 63.5. The minimum absolute atomic E-state index is 0.195. The van der Waals surface area contributed by atoms with Crippen LogP contribution < -0.4 is 4.72 Å². The van der Waals surface area contributed by atoms with Gasteiger partial charge in [0.1, 0.15) is 0 Å². The van der Waals surface area contributed by atoms with Gasteiger partial charge in [0, 0.05) is 0 Å². The molecule has 0 aromatic heterocycles. The van der Waals surface area contributed by atoms with Gasteiger partial charge in [-0.15, -0.1) is 0 Å². The first-order valence-corrected chi connectivity index (χ1v) is 6.75. The minimum Gasteiger partial charge on any atom is -0.283 e. The van der Waals surface area contributed by atoms with Gasteiger partial charge in [-0.2, -0.15) is 18.4 Å². The number of alkyl halides is 3. The summed E-state index contributed by atoms with van der Waals surface area (Å²) in [5.74, 6) is 0. The van der Waals surface area contributed by atoms with Gasteiger partial charge in [-0.05, 0) is 32.0 Å². The molecule has 19 heavy (non-hydrogen) atoms. The van der Waals surface area contributed by atoms with Crippen LogP contribution in [0.2, 0.25) is 0 Å². The quantitative estimate of drug-likeness (QED) is 0.931. The van der Waals surface area contributed by atoms with Gasteiger partial charge in [0.15, 0.2) is 0 Å². The zero-order valence-corrected chi connectivity index (χ0v) is 10.9. The summed E-state index contributed by atoms with van der Waals surface area (Å²) in [6.07, 6.45) is -4.75. The second-order valence-corrected chi connectivity index (χ2v) is 6.30. The molecule has 0 saturated heterocycles. The summed E-state index contributed by atoms with van der Waals surface area (Å²) in [5.41, 5.74) is -1.96. The topological polar surface area (TPSA) is 70.0 Å². The smallest absolute Gasteiger partial charge is 0.283 e. The maximum Gasteiger partial charge on any atom is 0.418 e. The molecule has 0 unspecified atom stereocenters. The molecule has 0 amide bonds. The summed E-state index contributed by atoms with van der Waals surface area (Å²) in [6.45, 7) is 2.69. The highest BCUT2D eigenvalue weighted by atomic mass is 32.2. The van der Waals surface area contributed by atoms with Crippen LogP contribution in [-0.4, -0.2) is 13.7 Å². The number of hydrogen-bond donors (Lipinski definition) is 1. The van der Waals surface area contributed by atoms with Crippen molar-refractivity contribution in [3.63, 3.8) is 0 Å². The van der Waals surface area contributed by atoms with E-state index in [0.717, 1.165) is 12.1 Å². The van der Waals surface area contributed by atoms with Crippen LogP contribution in [0, 0.1) is 11.3 Å². The Kier molecular flexibility index (Phi) is 4.10. The lowest BCUT2D eigenvalue weighted by atomic mass is 10.1. The van der Waals surface area contributed by atoms with Crippen LogP contribution in [0.15, 0.2) is 18.2 Å². The van der Waals surface area contributed by atoms with Gasteiger partial charge >= 0.3 is 6.18 Å². The van der Waals surface area contributed by atoms with Crippen molar-refractivity contribution in [2.24, 2.45) is 0 Å². The predicted octanol–water partition coefficient (Wildman–Crippen LogP) is 2.73. The van der Waals surface area contributed by atoms with Crippen molar-refractivity contribution in [3.05, 3.63) is 29.3 Å². The van der Waals surface area contributed by atoms with Crippen molar-refractivity contribution in [1.82, 2.24) is 0 Å². The van der Waals surface area contributed by atoms with Crippen LogP contribution in [0.3, 0.4) is 0 Å². The maximum atomic E-state index is 12.8. The summed E-state index contributed by atoms with van der Waals surface area (Å²) in [5, 5.41) is 7.71. The summed E-state index contributed by atoms with van der Waals surface area (Å²) in [7, 11) is -3.89. The van der Waals surface area contributed by atoms with E-state index >= 15 is 0 Å². The Morgan fingerprint density at radius 1 is 1.32 bits per heavy atom. The second-order valence-electron chi connectivity index (χ2n) is 4.07. The Bertz CT molecular complexity index is 616.